The van der Waals surface area contributed by atoms with Crippen molar-refractivity contribution in [2.45, 2.75) is 69.6 Å². The summed E-state index contributed by atoms with van der Waals surface area (Å²) in [5.41, 5.74) is 1.38. The summed E-state index contributed by atoms with van der Waals surface area (Å²) >= 11 is 0. The zero-order chi connectivity index (χ0) is 30.9. The van der Waals surface area contributed by atoms with Crippen LogP contribution in [0.2, 0.25) is 0 Å². The lowest BCUT2D eigenvalue weighted by Crippen LogP contribution is -2.50. The fourth-order valence-corrected chi connectivity index (χ4v) is 5.44. The smallest absolute Gasteiger partial charge is 0.309 e. The third kappa shape index (κ3) is 11.5. The second kappa shape index (κ2) is 18.0. The number of allylic oxidation sites excluding steroid dienone is 2. The van der Waals surface area contributed by atoms with Gasteiger partial charge in [-0.1, -0.05) is 85.7 Å². The SMILES string of the molecule is C=CCC(CC(=O)NC1(CO)CCCC1)C(=O)NC(COCc1ccccc1)COC(=O)C(CC=C)Cc1ccccc1. The van der Waals surface area contributed by atoms with Crippen LogP contribution >= 0.6 is 0 Å². The number of nitrogens with one attached hydrogen (secondary N) is 2. The van der Waals surface area contributed by atoms with Gasteiger partial charge in [-0.2, -0.15) is 0 Å². The summed E-state index contributed by atoms with van der Waals surface area (Å²) in [6, 6.07) is 18.7. The Morgan fingerprint density at radius 3 is 2.09 bits per heavy atom. The molecule has 1 saturated carbocycles. The van der Waals surface area contributed by atoms with Gasteiger partial charge in [0.15, 0.2) is 0 Å². The highest BCUT2D eigenvalue weighted by molar-refractivity contribution is 5.86. The van der Waals surface area contributed by atoms with Crippen LogP contribution in [0.4, 0.5) is 0 Å². The van der Waals surface area contributed by atoms with Crippen molar-refractivity contribution in [3.05, 3.63) is 97.1 Å². The standard InChI is InChI=1S/C35H46N2O6/c1-3-13-29(22-32(39)37-35(26-38)19-11-12-20-35)33(40)36-31(24-42-23-28-17-9-6-10-18-28)25-43-34(41)30(14-4-2)21-27-15-7-5-8-16-27/h3-10,15-18,29-31,38H,1-2,11-14,19-26H2,(H,36,40)(H,37,39). The van der Waals surface area contributed by atoms with E-state index in [1.807, 2.05) is 60.7 Å². The zero-order valence-electron chi connectivity index (χ0n) is 25.0. The molecule has 0 radical (unpaired) electrons. The van der Waals surface area contributed by atoms with Crippen molar-refractivity contribution in [1.29, 1.82) is 0 Å². The number of aliphatic hydroxyl groups excluding tert-OH is 1. The number of amides is 2. The molecule has 0 spiro atoms. The maximum Gasteiger partial charge on any atom is 0.309 e. The molecule has 3 unspecified atom stereocenters. The van der Waals surface area contributed by atoms with E-state index in [4.69, 9.17) is 9.47 Å². The molecular weight excluding hydrogens is 544 g/mol. The summed E-state index contributed by atoms with van der Waals surface area (Å²) in [4.78, 5) is 39.5. The van der Waals surface area contributed by atoms with Crippen molar-refractivity contribution in [3.8, 4) is 0 Å². The van der Waals surface area contributed by atoms with Gasteiger partial charge in [-0.05, 0) is 43.2 Å². The largest absolute Gasteiger partial charge is 0.463 e. The molecule has 2 amide bonds. The lowest BCUT2D eigenvalue weighted by Gasteiger charge is -2.29. The van der Waals surface area contributed by atoms with Crippen LogP contribution in [0.3, 0.4) is 0 Å². The van der Waals surface area contributed by atoms with Crippen LogP contribution < -0.4 is 10.6 Å². The Labute approximate surface area is 255 Å². The Morgan fingerprint density at radius 2 is 1.49 bits per heavy atom. The fraction of sp³-hybridized carbons (Fsp3) is 0.457. The van der Waals surface area contributed by atoms with E-state index in [1.165, 1.54) is 0 Å². The topological polar surface area (TPSA) is 114 Å². The molecule has 1 aliphatic carbocycles. The quantitative estimate of drug-likeness (QED) is 0.162. The summed E-state index contributed by atoms with van der Waals surface area (Å²) in [7, 11) is 0. The number of ether oxygens (including phenoxy) is 2. The molecule has 3 atom stereocenters. The van der Waals surface area contributed by atoms with Crippen LogP contribution in [0.15, 0.2) is 86.0 Å². The van der Waals surface area contributed by atoms with Crippen molar-refractivity contribution < 1.29 is 29.0 Å². The molecule has 0 saturated heterocycles. The second-order valence-electron chi connectivity index (χ2n) is 11.4. The minimum Gasteiger partial charge on any atom is -0.463 e. The number of benzene rings is 2. The van der Waals surface area contributed by atoms with E-state index in [9.17, 15) is 19.5 Å². The molecule has 3 N–H and O–H groups in total. The van der Waals surface area contributed by atoms with Crippen LogP contribution in [0.1, 0.15) is 56.1 Å². The van der Waals surface area contributed by atoms with E-state index >= 15 is 0 Å². The van der Waals surface area contributed by atoms with Gasteiger partial charge in [-0.25, -0.2) is 0 Å². The van der Waals surface area contributed by atoms with Gasteiger partial charge in [0.05, 0.1) is 43.2 Å². The molecule has 1 aliphatic rings. The van der Waals surface area contributed by atoms with Crippen molar-refractivity contribution in [2.24, 2.45) is 11.8 Å². The van der Waals surface area contributed by atoms with Crippen LogP contribution in [-0.4, -0.2) is 54.3 Å². The van der Waals surface area contributed by atoms with E-state index in [1.54, 1.807) is 12.2 Å². The molecule has 0 bridgehead atoms. The second-order valence-corrected chi connectivity index (χ2v) is 11.4. The first kappa shape index (κ1) is 33.7. The number of aliphatic hydroxyl groups is 1. The van der Waals surface area contributed by atoms with Gasteiger partial charge in [-0.15, -0.1) is 13.2 Å². The number of hydrogen-bond donors (Lipinski definition) is 3. The highest BCUT2D eigenvalue weighted by Gasteiger charge is 2.35. The van der Waals surface area contributed by atoms with Crippen molar-refractivity contribution in [3.63, 3.8) is 0 Å². The molecule has 232 valence electrons. The maximum absolute atomic E-state index is 13.4. The third-order valence-corrected chi connectivity index (χ3v) is 7.83. The normalized spacial score (nSPS) is 15.9. The number of carbonyl (C=O) groups is 3. The molecule has 2 aromatic carbocycles. The monoisotopic (exact) mass is 590 g/mol. The minimum absolute atomic E-state index is 0.0462. The zero-order valence-corrected chi connectivity index (χ0v) is 25.0. The summed E-state index contributed by atoms with van der Waals surface area (Å²) in [5.74, 6) is -2.09. The molecule has 3 rings (SSSR count). The van der Waals surface area contributed by atoms with E-state index in [0.717, 1.165) is 36.8 Å². The Balaban J connectivity index is 1.64. The van der Waals surface area contributed by atoms with E-state index in [2.05, 4.69) is 23.8 Å². The average Bonchev–Trinajstić information content (AvgIpc) is 3.49. The summed E-state index contributed by atoms with van der Waals surface area (Å²) < 4.78 is 11.6. The molecule has 2 aromatic rings. The first-order valence-corrected chi connectivity index (χ1v) is 15.1. The predicted molar refractivity (Wildman–Crippen MR) is 167 cm³/mol. The van der Waals surface area contributed by atoms with E-state index in [-0.39, 0.29) is 44.0 Å². The number of hydrogen-bond acceptors (Lipinski definition) is 6. The van der Waals surface area contributed by atoms with Gasteiger partial charge in [0.1, 0.15) is 6.61 Å². The van der Waals surface area contributed by atoms with Gasteiger partial charge in [0, 0.05) is 6.42 Å². The summed E-state index contributed by atoms with van der Waals surface area (Å²) in [5, 5.41) is 15.8. The molecule has 8 nitrogen and oxygen atoms in total. The highest BCUT2D eigenvalue weighted by Crippen LogP contribution is 2.29. The summed E-state index contributed by atoms with van der Waals surface area (Å²) in [6.07, 6.45) is 7.86. The predicted octanol–water partition coefficient (Wildman–Crippen LogP) is 4.67. The molecule has 0 aromatic heterocycles. The van der Waals surface area contributed by atoms with Crippen molar-refractivity contribution in [1.82, 2.24) is 10.6 Å². The Hall–Kier alpha value is -3.75. The van der Waals surface area contributed by atoms with Gasteiger partial charge in [0.2, 0.25) is 11.8 Å². The maximum atomic E-state index is 13.4. The van der Waals surface area contributed by atoms with Gasteiger partial charge in [-0.3, -0.25) is 14.4 Å². The van der Waals surface area contributed by atoms with Crippen LogP contribution in [0.25, 0.3) is 0 Å². The summed E-state index contributed by atoms with van der Waals surface area (Å²) in [6.45, 7) is 7.79. The number of rotatable bonds is 19. The number of esters is 1. The molecule has 0 aliphatic heterocycles. The lowest BCUT2D eigenvalue weighted by molar-refractivity contribution is -0.150. The van der Waals surface area contributed by atoms with Crippen molar-refractivity contribution in [2.75, 3.05) is 19.8 Å². The Morgan fingerprint density at radius 1 is 0.884 bits per heavy atom. The molecule has 8 heteroatoms. The van der Waals surface area contributed by atoms with Crippen LogP contribution in [0.5, 0.6) is 0 Å². The first-order valence-electron chi connectivity index (χ1n) is 15.1. The Bertz CT molecular complexity index is 1160. The van der Waals surface area contributed by atoms with Crippen LogP contribution in [0, 0.1) is 11.8 Å². The molecule has 1 fully saturated rings. The minimum atomic E-state index is -0.673. The molecule has 0 heterocycles. The van der Waals surface area contributed by atoms with Crippen molar-refractivity contribution >= 4 is 17.8 Å². The molecular formula is C35H46N2O6. The third-order valence-electron chi connectivity index (χ3n) is 7.83. The van der Waals surface area contributed by atoms with Gasteiger partial charge >= 0.3 is 5.97 Å². The van der Waals surface area contributed by atoms with E-state index < -0.39 is 23.4 Å². The highest BCUT2D eigenvalue weighted by atomic mass is 16.5. The van der Waals surface area contributed by atoms with Gasteiger partial charge in [0.25, 0.3) is 0 Å². The number of carbonyl (C=O) groups excluding carboxylic acids is 3. The van der Waals surface area contributed by atoms with E-state index in [0.29, 0.717) is 25.9 Å². The average molecular weight is 591 g/mol. The Kier molecular flexibility index (Phi) is 14.2. The molecule has 43 heavy (non-hydrogen) atoms. The van der Waals surface area contributed by atoms with Gasteiger partial charge < -0.3 is 25.2 Å². The fourth-order valence-electron chi connectivity index (χ4n) is 5.44. The first-order chi connectivity index (χ1) is 20.9. The van der Waals surface area contributed by atoms with Crippen LogP contribution in [-0.2, 0) is 36.9 Å². The lowest BCUT2D eigenvalue weighted by atomic mass is 9.95.